The molecule has 5 nitrogen and oxygen atoms in total. The monoisotopic (exact) mass is 270 g/mol. The molecule has 5 heteroatoms. The van der Waals surface area contributed by atoms with Crippen molar-refractivity contribution in [2.75, 3.05) is 0 Å². The zero-order valence-corrected chi connectivity index (χ0v) is 11.6. The fourth-order valence-electron chi connectivity index (χ4n) is 2.77. The van der Waals surface area contributed by atoms with E-state index in [9.17, 15) is 4.79 Å². The van der Waals surface area contributed by atoms with Crippen LogP contribution in [0.1, 0.15) is 70.6 Å². The zero-order valence-electron chi connectivity index (χ0n) is 11.6. The number of nitrogens with zero attached hydrogens (tertiary/aromatic N) is 1. The summed E-state index contributed by atoms with van der Waals surface area (Å²) in [6, 6.07) is 0. The van der Waals surface area contributed by atoms with E-state index in [4.69, 9.17) is 10.4 Å². The molecule has 0 spiro atoms. The Hall–Kier alpha value is -1.10. The van der Waals surface area contributed by atoms with E-state index in [0.29, 0.717) is 12.3 Å². The van der Waals surface area contributed by atoms with Crippen LogP contribution in [0.25, 0.3) is 0 Å². The normalized spacial score (nSPS) is 17.4. The molecule has 1 saturated carbocycles. The molecule has 0 saturated heterocycles. The average molecular weight is 270 g/mol. The molecule has 0 aromatic rings. The molecule has 110 valence electrons. The van der Waals surface area contributed by atoms with Gasteiger partial charge >= 0.3 is 0 Å². The van der Waals surface area contributed by atoms with Crippen LogP contribution in [0, 0.1) is 5.92 Å². The summed E-state index contributed by atoms with van der Waals surface area (Å²) in [7, 11) is 0. The summed E-state index contributed by atoms with van der Waals surface area (Å²) in [6.45, 7) is 0. The summed E-state index contributed by atoms with van der Waals surface area (Å²) in [6.07, 6.45) is 11.2. The van der Waals surface area contributed by atoms with Crippen molar-refractivity contribution >= 4 is 11.6 Å². The summed E-state index contributed by atoms with van der Waals surface area (Å²) in [5, 5.41) is 20.9. The molecule has 1 aliphatic carbocycles. The van der Waals surface area contributed by atoms with Crippen LogP contribution >= 0.6 is 0 Å². The van der Waals surface area contributed by atoms with Gasteiger partial charge in [-0.3, -0.25) is 10.0 Å². The highest BCUT2D eigenvalue weighted by molar-refractivity contribution is 5.86. The number of rotatable bonds is 8. The zero-order chi connectivity index (χ0) is 13.9. The van der Waals surface area contributed by atoms with Gasteiger partial charge in [0.05, 0.1) is 5.71 Å². The fraction of sp³-hybridized carbons (Fsp3) is 0.857. The molecule has 0 unspecified atom stereocenters. The molecule has 0 heterocycles. The third kappa shape index (κ3) is 6.57. The van der Waals surface area contributed by atoms with Gasteiger partial charge in [0.1, 0.15) is 0 Å². The molecule has 0 atom stereocenters. The number of hydrogen-bond acceptors (Lipinski definition) is 4. The number of carbonyl (C=O) groups excluding carboxylic acids is 1. The summed E-state index contributed by atoms with van der Waals surface area (Å²) < 4.78 is 0. The van der Waals surface area contributed by atoms with Crippen LogP contribution in [0.5, 0.6) is 0 Å². The third-order valence-corrected chi connectivity index (χ3v) is 3.92. The van der Waals surface area contributed by atoms with Crippen molar-refractivity contribution < 1.29 is 15.2 Å². The van der Waals surface area contributed by atoms with Gasteiger partial charge in [0.2, 0.25) is 5.91 Å². The second-order valence-electron chi connectivity index (χ2n) is 5.38. The van der Waals surface area contributed by atoms with Crippen LogP contribution in [0.3, 0.4) is 0 Å². The van der Waals surface area contributed by atoms with Crippen LogP contribution in [0.4, 0.5) is 0 Å². The first-order valence-corrected chi connectivity index (χ1v) is 7.41. The summed E-state index contributed by atoms with van der Waals surface area (Å²) in [5.41, 5.74) is 2.60. The van der Waals surface area contributed by atoms with Gasteiger partial charge in [0.15, 0.2) is 0 Å². The minimum atomic E-state index is -0.320. The lowest BCUT2D eigenvalue weighted by Crippen LogP contribution is -2.18. The minimum Gasteiger partial charge on any atom is -0.411 e. The number of amides is 1. The molecule has 0 aromatic carbocycles. The fourth-order valence-corrected chi connectivity index (χ4v) is 2.77. The molecule has 1 rings (SSSR count). The van der Waals surface area contributed by atoms with Crippen LogP contribution < -0.4 is 5.48 Å². The maximum absolute atomic E-state index is 10.8. The second-order valence-corrected chi connectivity index (χ2v) is 5.38. The van der Waals surface area contributed by atoms with Crippen LogP contribution in [0.2, 0.25) is 0 Å². The van der Waals surface area contributed by atoms with E-state index in [1.807, 2.05) is 0 Å². The highest BCUT2D eigenvalue weighted by Crippen LogP contribution is 2.26. The summed E-state index contributed by atoms with van der Waals surface area (Å²) in [4.78, 5) is 10.8. The van der Waals surface area contributed by atoms with Gasteiger partial charge in [-0.05, 0) is 32.1 Å². The van der Waals surface area contributed by atoms with Crippen LogP contribution in [-0.2, 0) is 4.79 Å². The molecule has 1 fully saturated rings. The van der Waals surface area contributed by atoms with Crippen molar-refractivity contribution in [3.8, 4) is 0 Å². The molecule has 0 radical (unpaired) electrons. The van der Waals surface area contributed by atoms with Crippen molar-refractivity contribution in [2.24, 2.45) is 11.1 Å². The van der Waals surface area contributed by atoms with Crippen molar-refractivity contribution in [1.29, 1.82) is 0 Å². The van der Waals surface area contributed by atoms with Gasteiger partial charge in [-0.25, -0.2) is 5.48 Å². The lowest BCUT2D eigenvalue weighted by atomic mass is 9.84. The van der Waals surface area contributed by atoms with Crippen molar-refractivity contribution in [2.45, 2.75) is 70.6 Å². The Balaban J connectivity index is 2.08. The van der Waals surface area contributed by atoms with Gasteiger partial charge in [-0.1, -0.05) is 37.3 Å². The van der Waals surface area contributed by atoms with Gasteiger partial charge in [-0.2, -0.15) is 0 Å². The van der Waals surface area contributed by atoms with Crippen molar-refractivity contribution in [3.05, 3.63) is 0 Å². The molecular weight excluding hydrogens is 244 g/mol. The molecule has 0 bridgehead atoms. The quantitative estimate of drug-likeness (QED) is 0.208. The lowest BCUT2D eigenvalue weighted by Gasteiger charge is -2.22. The molecule has 1 amide bonds. The number of hydrogen-bond donors (Lipinski definition) is 3. The standard InChI is InChI=1S/C14H26N2O3/c17-14(16-19)11-7-2-1-6-10-13(15-18)12-8-4-3-5-9-12/h12,18-19H,1-11H2,(H,16,17). The number of hydroxylamine groups is 1. The maximum Gasteiger partial charge on any atom is 0.243 e. The Morgan fingerprint density at radius 2 is 1.68 bits per heavy atom. The molecular formula is C14H26N2O3. The Labute approximate surface area is 115 Å². The topological polar surface area (TPSA) is 81.9 Å². The van der Waals surface area contributed by atoms with Gasteiger partial charge in [-0.15, -0.1) is 0 Å². The molecule has 3 N–H and O–H groups in total. The third-order valence-electron chi connectivity index (χ3n) is 3.92. The minimum absolute atomic E-state index is 0.320. The van der Waals surface area contributed by atoms with E-state index >= 15 is 0 Å². The van der Waals surface area contributed by atoms with Gasteiger partial charge in [0, 0.05) is 12.3 Å². The summed E-state index contributed by atoms with van der Waals surface area (Å²) in [5.74, 6) is 0.165. The van der Waals surface area contributed by atoms with Crippen molar-refractivity contribution in [3.63, 3.8) is 0 Å². The average Bonchev–Trinajstić information content (AvgIpc) is 2.47. The maximum atomic E-state index is 10.8. The first-order chi connectivity index (χ1) is 9.27. The van der Waals surface area contributed by atoms with E-state index in [-0.39, 0.29) is 5.91 Å². The van der Waals surface area contributed by atoms with E-state index < -0.39 is 0 Å². The van der Waals surface area contributed by atoms with E-state index in [2.05, 4.69) is 5.16 Å². The Kier molecular flexibility index (Phi) is 8.21. The molecule has 19 heavy (non-hydrogen) atoms. The van der Waals surface area contributed by atoms with Crippen molar-refractivity contribution in [1.82, 2.24) is 5.48 Å². The first kappa shape index (κ1) is 16.0. The Bertz CT molecular complexity index is 286. The van der Waals surface area contributed by atoms with E-state index in [0.717, 1.165) is 50.7 Å². The SMILES string of the molecule is O=C(CCCCCCC(=NO)C1CCCCC1)NO. The highest BCUT2D eigenvalue weighted by Gasteiger charge is 2.19. The Morgan fingerprint density at radius 3 is 2.26 bits per heavy atom. The predicted octanol–water partition coefficient (Wildman–Crippen LogP) is 3.24. The van der Waals surface area contributed by atoms with Crippen LogP contribution in [-0.4, -0.2) is 22.0 Å². The molecule has 0 aliphatic heterocycles. The molecule has 1 aliphatic rings. The number of oxime groups is 1. The first-order valence-electron chi connectivity index (χ1n) is 7.41. The molecule has 0 aromatic heterocycles. The van der Waals surface area contributed by atoms with E-state index in [1.165, 1.54) is 19.3 Å². The highest BCUT2D eigenvalue weighted by atomic mass is 16.5. The second kappa shape index (κ2) is 9.78. The summed E-state index contributed by atoms with van der Waals surface area (Å²) >= 11 is 0. The van der Waals surface area contributed by atoms with Gasteiger partial charge in [0.25, 0.3) is 0 Å². The lowest BCUT2D eigenvalue weighted by molar-refractivity contribution is -0.129. The smallest absolute Gasteiger partial charge is 0.243 e. The number of unbranched alkanes of at least 4 members (excludes halogenated alkanes) is 3. The number of nitrogens with one attached hydrogen (secondary N) is 1. The van der Waals surface area contributed by atoms with Crippen LogP contribution in [0.15, 0.2) is 5.16 Å². The largest absolute Gasteiger partial charge is 0.411 e. The Morgan fingerprint density at radius 1 is 1.05 bits per heavy atom. The van der Waals surface area contributed by atoms with Gasteiger partial charge < -0.3 is 5.21 Å². The van der Waals surface area contributed by atoms with E-state index in [1.54, 1.807) is 5.48 Å². The predicted molar refractivity (Wildman–Crippen MR) is 73.4 cm³/mol. The number of carbonyl (C=O) groups is 1.